The Hall–Kier alpha value is -3.62. The van der Waals surface area contributed by atoms with Gasteiger partial charge in [0.25, 0.3) is 5.89 Å². The SMILES string of the molecule is CCc1nnc(COC(=O)/C=C/c2ccc(OCc3c(C)noc3C)c(OC)c2)o1. The number of nitrogens with zero attached hydrogens (tertiary/aromatic N) is 3. The minimum atomic E-state index is -0.524. The fraction of sp³-hybridized carbons (Fsp3) is 0.333. The van der Waals surface area contributed by atoms with E-state index in [4.69, 9.17) is 23.2 Å². The number of ether oxygens (including phenoxy) is 3. The van der Waals surface area contributed by atoms with Crippen molar-refractivity contribution < 1.29 is 27.9 Å². The quantitative estimate of drug-likeness (QED) is 0.384. The van der Waals surface area contributed by atoms with E-state index in [-0.39, 0.29) is 12.5 Å². The van der Waals surface area contributed by atoms with Crippen LogP contribution in [0.3, 0.4) is 0 Å². The van der Waals surface area contributed by atoms with Crippen LogP contribution < -0.4 is 9.47 Å². The number of aryl methyl sites for hydroxylation is 3. The maximum Gasteiger partial charge on any atom is 0.331 e. The van der Waals surface area contributed by atoms with Gasteiger partial charge < -0.3 is 23.2 Å². The van der Waals surface area contributed by atoms with Gasteiger partial charge in [-0.3, -0.25) is 0 Å². The third-order valence-electron chi connectivity index (χ3n) is 4.30. The molecular formula is C21H23N3O6. The number of hydrogen-bond acceptors (Lipinski definition) is 9. The molecule has 2 heterocycles. The van der Waals surface area contributed by atoms with Gasteiger partial charge in [0.2, 0.25) is 5.89 Å². The number of rotatable bonds is 9. The normalized spacial score (nSPS) is 11.1. The summed E-state index contributed by atoms with van der Waals surface area (Å²) in [5.41, 5.74) is 2.44. The van der Waals surface area contributed by atoms with Crippen molar-refractivity contribution in [1.82, 2.24) is 15.4 Å². The van der Waals surface area contributed by atoms with Gasteiger partial charge in [-0.05, 0) is 37.6 Å². The summed E-state index contributed by atoms with van der Waals surface area (Å²) in [4.78, 5) is 11.9. The molecule has 9 nitrogen and oxygen atoms in total. The molecule has 0 N–H and O–H groups in total. The van der Waals surface area contributed by atoms with E-state index in [1.54, 1.807) is 31.4 Å². The first-order valence-electron chi connectivity index (χ1n) is 9.38. The molecule has 0 fully saturated rings. The highest BCUT2D eigenvalue weighted by atomic mass is 16.5. The Bertz CT molecular complexity index is 1020. The zero-order valence-corrected chi connectivity index (χ0v) is 17.3. The second kappa shape index (κ2) is 9.73. The highest BCUT2D eigenvalue weighted by molar-refractivity contribution is 5.87. The fourth-order valence-electron chi connectivity index (χ4n) is 2.60. The first-order chi connectivity index (χ1) is 14.5. The molecule has 9 heteroatoms. The maximum absolute atomic E-state index is 11.9. The Morgan fingerprint density at radius 1 is 1.13 bits per heavy atom. The average molecular weight is 413 g/mol. The minimum absolute atomic E-state index is 0.0754. The molecule has 0 saturated carbocycles. The van der Waals surface area contributed by atoms with Crippen molar-refractivity contribution in [2.45, 2.75) is 40.4 Å². The first kappa shape index (κ1) is 21.1. The lowest BCUT2D eigenvalue weighted by Gasteiger charge is -2.11. The second-order valence-corrected chi connectivity index (χ2v) is 6.39. The number of hydrogen-bond donors (Lipinski definition) is 0. The smallest absolute Gasteiger partial charge is 0.331 e. The minimum Gasteiger partial charge on any atom is -0.493 e. The fourth-order valence-corrected chi connectivity index (χ4v) is 2.60. The Balaban J connectivity index is 1.58. The van der Waals surface area contributed by atoms with Crippen molar-refractivity contribution in [3.8, 4) is 11.5 Å². The van der Waals surface area contributed by atoms with E-state index >= 15 is 0 Å². The van der Waals surface area contributed by atoms with Crippen LogP contribution in [0.25, 0.3) is 6.08 Å². The summed E-state index contributed by atoms with van der Waals surface area (Å²) in [6.45, 7) is 5.83. The van der Waals surface area contributed by atoms with Crippen LogP contribution in [0.15, 0.2) is 33.2 Å². The lowest BCUT2D eigenvalue weighted by atomic mass is 10.2. The van der Waals surface area contributed by atoms with Gasteiger partial charge in [0.15, 0.2) is 18.1 Å². The molecule has 158 valence electrons. The molecule has 0 aliphatic carbocycles. The predicted octanol–water partition coefficient (Wildman–Crippen LogP) is 3.58. The summed E-state index contributed by atoms with van der Waals surface area (Å²) in [5, 5.41) is 11.5. The molecule has 1 aromatic carbocycles. The van der Waals surface area contributed by atoms with Crippen LogP contribution in [-0.2, 0) is 29.2 Å². The highest BCUT2D eigenvalue weighted by Crippen LogP contribution is 2.30. The van der Waals surface area contributed by atoms with E-state index in [0.717, 1.165) is 22.6 Å². The van der Waals surface area contributed by atoms with E-state index in [1.807, 2.05) is 20.8 Å². The van der Waals surface area contributed by atoms with E-state index in [2.05, 4.69) is 15.4 Å². The highest BCUT2D eigenvalue weighted by Gasteiger charge is 2.12. The van der Waals surface area contributed by atoms with Gasteiger partial charge >= 0.3 is 5.97 Å². The molecule has 3 rings (SSSR count). The molecule has 0 spiro atoms. The largest absolute Gasteiger partial charge is 0.493 e. The van der Waals surface area contributed by atoms with Gasteiger partial charge in [0, 0.05) is 12.5 Å². The Morgan fingerprint density at radius 2 is 1.93 bits per heavy atom. The predicted molar refractivity (Wildman–Crippen MR) is 106 cm³/mol. The number of methoxy groups -OCH3 is 1. The molecule has 30 heavy (non-hydrogen) atoms. The van der Waals surface area contributed by atoms with Crippen molar-refractivity contribution in [2.24, 2.45) is 0 Å². The van der Waals surface area contributed by atoms with Crippen molar-refractivity contribution in [2.75, 3.05) is 7.11 Å². The number of carbonyl (C=O) groups excluding carboxylic acids is 1. The van der Waals surface area contributed by atoms with Crippen LogP contribution in [-0.4, -0.2) is 28.4 Å². The summed E-state index contributed by atoms with van der Waals surface area (Å²) in [7, 11) is 1.55. The van der Waals surface area contributed by atoms with Crippen molar-refractivity contribution in [3.05, 3.63) is 58.6 Å². The maximum atomic E-state index is 11.9. The Morgan fingerprint density at radius 3 is 2.60 bits per heavy atom. The Labute approximate surface area is 173 Å². The van der Waals surface area contributed by atoms with Crippen LogP contribution in [0, 0.1) is 13.8 Å². The van der Waals surface area contributed by atoms with Crippen LogP contribution in [0.4, 0.5) is 0 Å². The standard InChI is InChI=1S/C21H23N3O6/c1-5-19-22-23-20(29-19)12-28-21(25)9-7-15-6-8-17(18(10-15)26-4)27-11-16-13(2)24-30-14(16)3/h6-10H,5,11-12H2,1-4H3/b9-7+. The summed E-state index contributed by atoms with van der Waals surface area (Å²) in [6.07, 6.45) is 3.56. The lowest BCUT2D eigenvalue weighted by Crippen LogP contribution is -2.01. The molecule has 0 atom stereocenters. The summed E-state index contributed by atoms with van der Waals surface area (Å²) in [5.74, 6) is 2.06. The van der Waals surface area contributed by atoms with E-state index < -0.39 is 5.97 Å². The topological polar surface area (TPSA) is 110 Å². The molecule has 3 aromatic rings. The van der Waals surface area contributed by atoms with E-state index in [1.165, 1.54) is 6.08 Å². The molecular weight excluding hydrogens is 390 g/mol. The third-order valence-corrected chi connectivity index (χ3v) is 4.30. The van der Waals surface area contributed by atoms with Crippen LogP contribution in [0.5, 0.6) is 11.5 Å². The zero-order chi connectivity index (χ0) is 21.5. The summed E-state index contributed by atoms with van der Waals surface area (Å²) in [6, 6.07) is 5.34. The second-order valence-electron chi connectivity index (χ2n) is 6.39. The molecule has 0 unspecified atom stereocenters. The summed E-state index contributed by atoms with van der Waals surface area (Å²) < 4.78 is 26.8. The molecule has 0 saturated heterocycles. The van der Waals surface area contributed by atoms with Crippen LogP contribution >= 0.6 is 0 Å². The van der Waals surface area contributed by atoms with E-state index in [9.17, 15) is 4.79 Å². The molecule has 0 amide bonds. The molecule has 0 aliphatic heterocycles. The Kier molecular flexibility index (Phi) is 6.84. The lowest BCUT2D eigenvalue weighted by molar-refractivity contribution is -0.139. The number of esters is 1. The first-order valence-corrected chi connectivity index (χ1v) is 9.38. The molecule has 0 radical (unpaired) electrons. The van der Waals surface area contributed by atoms with Gasteiger partial charge in [0.1, 0.15) is 12.4 Å². The summed E-state index contributed by atoms with van der Waals surface area (Å²) >= 11 is 0. The van der Waals surface area contributed by atoms with Gasteiger partial charge in [-0.15, -0.1) is 10.2 Å². The van der Waals surface area contributed by atoms with Crippen LogP contribution in [0.1, 0.15) is 41.3 Å². The number of carbonyl (C=O) groups is 1. The van der Waals surface area contributed by atoms with E-state index in [0.29, 0.717) is 30.4 Å². The van der Waals surface area contributed by atoms with Gasteiger partial charge in [-0.2, -0.15) is 0 Å². The zero-order valence-electron chi connectivity index (χ0n) is 17.3. The molecule has 0 aliphatic rings. The van der Waals surface area contributed by atoms with Crippen LogP contribution in [0.2, 0.25) is 0 Å². The van der Waals surface area contributed by atoms with Crippen molar-refractivity contribution in [1.29, 1.82) is 0 Å². The average Bonchev–Trinajstić information content (AvgIpc) is 3.35. The van der Waals surface area contributed by atoms with Gasteiger partial charge in [-0.25, -0.2) is 4.79 Å². The molecule has 2 aromatic heterocycles. The van der Waals surface area contributed by atoms with Crippen molar-refractivity contribution in [3.63, 3.8) is 0 Å². The number of aromatic nitrogens is 3. The third kappa shape index (κ3) is 5.25. The van der Waals surface area contributed by atoms with Crippen molar-refractivity contribution >= 4 is 12.0 Å². The van der Waals surface area contributed by atoms with Gasteiger partial charge in [0.05, 0.1) is 18.4 Å². The monoisotopic (exact) mass is 413 g/mol. The molecule has 0 bridgehead atoms. The van der Waals surface area contributed by atoms with Gasteiger partial charge in [-0.1, -0.05) is 18.1 Å². The number of benzene rings is 1.